The molecule has 0 spiro atoms. The minimum absolute atomic E-state index is 0.00277. The van der Waals surface area contributed by atoms with Crippen molar-refractivity contribution in [2.75, 3.05) is 11.4 Å². The standard InChI is InChI=1S/C22H19F9N2O2/c1-11-16(22(29,30)31)5-4-15-17(3-2-6-33(18(11)15)19(34)35)32-10-12-7-13(20(23,24)25)9-14(8-12)21(26,27)28/h4-5,7-9,17,32H,2-3,6,10H2,1H3,(H,34,35). The molecule has 3 rings (SSSR count). The Morgan fingerprint density at radius 3 is 2.03 bits per heavy atom. The Labute approximate surface area is 193 Å². The minimum atomic E-state index is -5.03. The van der Waals surface area contributed by atoms with E-state index in [1.165, 1.54) is 0 Å². The van der Waals surface area contributed by atoms with E-state index < -0.39 is 53.9 Å². The van der Waals surface area contributed by atoms with Crippen LogP contribution in [0.25, 0.3) is 0 Å². The van der Waals surface area contributed by atoms with Gasteiger partial charge in [-0.05, 0) is 60.7 Å². The molecule has 0 radical (unpaired) electrons. The monoisotopic (exact) mass is 514 g/mol. The number of nitrogens with zero attached hydrogens (tertiary/aromatic N) is 1. The number of hydrogen-bond acceptors (Lipinski definition) is 2. The summed E-state index contributed by atoms with van der Waals surface area (Å²) in [4.78, 5) is 12.5. The van der Waals surface area contributed by atoms with Crippen LogP contribution in [-0.2, 0) is 25.1 Å². The molecule has 4 nitrogen and oxygen atoms in total. The average molecular weight is 514 g/mol. The maximum Gasteiger partial charge on any atom is 0.416 e. The van der Waals surface area contributed by atoms with Crippen LogP contribution in [0, 0.1) is 6.92 Å². The Morgan fingerprint density at radius 1 is 0.971 bits per heavy atom. The summed E-state index contributed by atoms with van der Waals surface area (Å²) in [5.41, 5.74) is -4.76. The molecule has 0 aromatic heterocycles. The first-order valence-electron chi connectivity index (χ1n) is 10.2. The van der Waals surface area contributed by atoms with Gasteiger partial charge >= 0.3 is 24.6 Å². The molecule has 1 heterocycles. The van der Waals surface area contributed by atoms with Gasteiger partial charge in [0.2, 0.25) is 0 Å². The molecule has 0 saturated carbocycles. The maximum absolute atomic E-state index is 13.4. The molecule has 2 aromatic carbocycles. The predicted molar refractivity (Wildman–Crippen MR) is 107 cm³/mol. The normalized spacial score (nSPS) is 17.2. The largest absolute Gasteiger partial charge is 0.465 e. The molecular weight excluding hydrogens is 495 g/mol. The van der Waals surface area contributed by atoms with E-state index >= 15 is 0 Å². The van der Waals surface area contributed by atoms with Gasteiger partial charge in [0.25, 0.3) is 0 Å². The first-order chi connectivity index (χ1) is 16.0. The second-order valence-electron chi connectivity index (χ2n) is 8.10. The van der Waals surface area contributed by atoms with Crippen LogP contribution in [0.15, 0.2) is 30.3 Å². The molecule has 1 atom stereocenters. The zero-order valence-corrected chi connectivity index (χ0v) is 18.0. The number of benzene rings is 2. The zero-order valence-electron chi connectivity index (χ0n) is 18.0. The molecule has 192 valence electrons. The van der Waals surface area contributed by atoms with Crippen molar-refractivity contribution in [3.05, 3.63) is 63.7 Å². The number of hydrogen-bond donors (Lipinski definition) is 2. The van der Waals surface area contributed by atoms with Crippen LogP contribution in [0.3, 0.4) is 0 Å². The second kappa shape index (κ2) is 9.25. The number of fused-ring (bicyclic) bond motifs is 1. The van der Waals surface area contributed by atoms with Gasteiger partial charge < -0.3 is 10.4 Å². The molecule has 1 unspecified atom stereocenters. The summed E-state index contributed by atoms with van der Waals surface area (Å²) in [5, 5.41) is 12.3. The van der Waals surface area contributed by atoms with Crippen molar-refractivity contribution in [3.8, 4) is 0 Å². The van der Waals surface area contributed by atoms with Crippen molar-refractivity contribution in [1.29, 1.82) is 0 Å². The third-order valence-corrected chi connectivity index (χ3v) is 5.72. The summed E-state index contributed by atoms with van der Waals surface area (Å²) in [6.07, 6.45) is -15.9. The van der Waals surface area contributed by atoms with Crippen LogP contribution in [0.4, 0.5) is 50.0 Å². The fourth-order valence-electron chi connectivity index (χ4n) is 4.15. The van der Waals surface area contributed by atoms with E-state index in [1.54, 1.807) is 0 Å². The van der Waals surface area contributed by atoms with Crippen LogP contribution >= 0.6 is 0 Å². The summed E-state index contributed by atoms with van der Waals surface area (Å²) >= 11 is 0. The average Bonchev–Trinajstić information content (AvgIpc) is 2.90. The molecular formula is C22H19F9N2O2. The molecule has 35 heavy (non-hydrogen) atoms. The smallest absolute Gasteiger partial charge is 0.416 e. The van der Waals surface area contributed by atoms with Crippen LogP contribution in [-0.4, -0.2) is 17.7 Å². The summed E-state index contributed by atoms with van der Waals surface area (Å²) in [6.45, 7) is 0.511. The number of rotatable bonds is 3. The second-order valence-corrected chi connectivity index (χ2v) is 8.10. The predicted octanol–water partition coefficient (Wildman–Crippen LogP) is 7.16. The van der Waals surface area contributed by atoms with Gasteiger partial charge in [-0.25, -0.2) is 4.79 Å². The lowest BCUT2D eigenvalue weighted by molar-refractivity contribution is -0.143. The first-order valence-corrected chi connectivity index (χ1v) is 10.2. The van der Waals surface area contributed by atoms with Crippen LogP contribution in [0.1, 0.15) is 52.3 Å². The highest BCUT2D eigenvalue weighted by Gasteiger charge is 2.38. The number of halogens is 9. The van der Waals surface area contributed by atoms with E-state index in [4.69, 9.17) is 0 Å². The molecule has 13 heteroatoms. The van der Waals surface area contributed by atoms with Crippen molar-refractivity contribution < 1.29 is 49.4 Å². The number of carboxylic acid groups (broad SMARTS) is 1. The number of alkyl halides is 9. The minimum Gasteiger partial charge on any atom is -0.465 e. The van der Waals surface area contributed by atoms with E-state index in [-0.39, 0.29) is 47.8 Å². The molecule has 2 N–H and O–H groups in total. The van der Waals surface area contributed by atoms with E-state index in [9.17, 15) is 49.4 Å². The van der Waals surface area contributed by atoms with Gasteiger partial charge in [-0.3, -0.25) is 4.90 Å². The van der Waals surface area contributed by atoms with Gasteiger partial charge in [0.15, 0.2) is 0 Å². The van der Waals surface area contributed by atoms with Crippen LogP contribution in [0.5, 0.6) is 0 Å². The van der Waals surface area contributed by atoms with Crippen LogP contribution < -0.4 is 10.2 Å². The number of nitrogens with one attached hydrogen (secondary N) is 1. The Bertz CT molecular complexity index is 1080. The van der Waals surface area contributed by atoms with Gasteiger partial charge in [-0.15, -0.1) is 0 Å². The highest BCUT2D eigenvalue weighted by Crippen LogP contribution is 2.42. The molecule has 0 aliphatic carbocycles. The van der Waals surface area contributed by atoms with Crippen molar-refractivity contribution in [3.63, 3.8) is 0 Å². The van der Waals surface area contributed by atoms with Gasteiger partial charge in [-0.2, -0.15) is 39.5 Å². The molecule has 0 bridgehead atoms. The maximum atomic E-state index is 13.4. The topological polar surface area (TPSA) is 52.6 Å². The lowest BCUT2D eigenvalue weighted by Crippen LogP contribution is -2.31. The highest BCUT2D eigenvalue weighted by atomic mass is 19.4. The van der Waals surface area contributed by atoms with Crippen LogP contribution in [0.2, 0.25) is 0 Å². The van der Waals surface area contributed by atoms with E-state index in [0.717, 1.165) is 24.0 Å². The Kier molecular flexibility index (Phi) is 7.04. The van der Waals surface area contributed by atoms with Crippen molar-refractivity contribution in [2.24, 2.45) is 0 Å². The van der Waals surface area contributed by atoms with E-state index in [0.29, 0.717) is 12.1 Å². The van der Waals surface area contributed by atoms with E-state index in [2.05, 4.69) is 5.32 Å². The fourth-order valence-corrected chi connectivity index (χ4v) is 4.15. The zero-order chi connectivity index (χ0) is 26.3. The van der Waals surface area contributed by atoms with Gasteiger partial charge in [0.1, 0.15) is 0 Å². The first kappa shape index (κ1) is 26.6. The quantitative estimate of drug-likeness (QED) is 0.428. The molecule has 1 amide bonds. The third-order valence-electron chi connectivity index (χ3n) is 5.72. The molecule has 1 aliphatic heterocycles. The Hall–Kier alpha value is -2.96. The molecule has 0 fully saturated rings. The fraction of sp³-hybridized carbons (Fsp3) is 0.409. The van der Waals surface area contributed by atoms with E-state index in [1.807, 2.05) is 0 Å². The summed E-state index contributed by atoms with van der Waals surface area (Å²) in [5.74, 6) is 0. The van der Waals surface area contributed by atoms with Crippen molar-refractivity contribution >= 4 is 11.8 Å². The number of carbonyl (C=O) groups is 1. The lowest BCUT2D eigenvalue weighted by atomic mass is 9.95. The van der Waals surface area contributed by atoms with Gasteiger partial charge in [0, 0.05) is 19.1 Å². The third kappa shape index (κ3) is 5.82. The molecule has 1 aliphatic rings. The number of anilines is 1. The summed E-state index contributed by atoms with van der Waals surface area (Å²) < 4.78 is 119. The summed E-state index contributed by atoms with van der Waals surface area (Å²) in [6, 6.07) is 2.15. The number of amides is 1. The SMILES string of the molecule is Cc1c(C(F)(F)F)ccc2c1N(C(=O)O)CCCC2NCc1cc(C(F)(F)F)cc(C(F)(F)F)c1. The van der Waals surface area contributed by atoms with Crippen molar-refractivity contribution in [2.45, 2.75) is 50.9 Å². The van der Waals surface area contributed by atoms with Gasteiger partial charge in [0.05, 0.1) is 22.4 Å². The molecule has 0 saturated heterocycles. The Balaban J connectivity index is 2.01. The Morgan fingerprint density at radius 2 is 1.54 bits per heavy atom. The lowest BCUT2D eigenvalue weighted by Gasteiger charge is -2.26. The molecule has 2 aromatic rings. The highest BCUT2D eigenvalue weighted by molar-refractivity contribution is 5.89. The summed E-state index contributed by atoms with van der Waals surface area (Å²) in [7, 11) is 0. The van der Waals surface area contributed by atoms with Crippen molar-refractivity contribution in [1.82, 2.24) is 5.32 Å². The van der Waals surface area contributed by atoms with Gasteiger partial charge in [-0.1, -0.05) is 6.07 Å².